The quantitative estimate of drug-likeness (QED) is 0.719. The van der Waals surface area contributed by atoms with Gasteiger partial charge in [-0.2, -0.15) is 0 Å². The molecule has 1 aliphatic rings. The van der Waals surface area contributed by atoms with Gasteiger partial charge < -0.3 is 24.8 Å². The Balaban J connectivity index is 2.08. The fourth-order valence-corrected chi connectivity index (χ4v) is 2.19. The Morgan fingerprint density at radius 3 is 2.37 bits per heavy atom. The first kappa shape index (κ1) is 14.8. The van der Waals surface area contributed by atoms with Crippen LogP contribution in [0.2, 0.25) is 5.02 Å². The third-order valence-corrected chi connectivity index (χ3v) is 3.64. The number of ether oxygens (including phenoxy) is 2. The van der Waals surface area contributed by atoms with Gasteiger partial charge in [0.15, 0.2) is 0 Å². The molecule has 5 nitrogen and oxygen atoms in total. The Bertz CT molecular complexity index is 411. The van der Waals surface area contributed by atoms with Crippen LogP contribution in [0.3, 0.4) is 0 Å². The third kappa shape index (κ3) is 3.31. The molecule has 2 rings (SSSR count). The average Bonchev–Trinajstić information content (AvgIpc) is 2.42. The molecule has 0 aromatic heterocycles. The summed E-state index contributed by atoms with van der Waals surface area (Å²) < 4.78 is 10.7. The summed E-state index contributed by atoms with van der Waals surface area (Å²) >= 11 is 11.6. The lowest BCUT2D eigenvalue weighted by atomic mass is 10.0. The van der Waals surface area contributed by atoms with Gasteiger partial charge in [0.1, 0.15) is 24.1 Å². The first-order valence-electron chi connectivity index (χ1n) is 5.71. The molecule has 1 heterocycles. The standard InChI is InChI=1S/C12H14Cl2O5/c13-6-1-3-7(4-2-6)18-12-11(17)9(14)10(16)8(5-15)19-12/h1-4,8-12,15-17H,5H2/t8-,9-,10-,11-,12-/m1/s1. The molecule has 1 aromatic rings. The van der Waals surface area contributed by atoms with Gasteiger partial charge in [-0.15, -0.1) is 11.6 Å². The van der Waals surface area contributed by atoms with E-state index in [1.54, 1.807) is 24.3 Å². The molecule has 19 heavy (non-hydrogen) atoms. The van der Waals surface area contributed by atoms with Crippen molar-refractivity contribution in [2.24, 2.45) is 0 Å². The van der Waals surface area contributed by atoms with Crippen molar-refractivity contribution in [1.82, 2.24) is 0 Å². The summed E-state index contributed by atoms with van der Waals surface area (Å²) in [6.45, 7) is -0.419. The molecule has 5 atom stereocenters. The molecule has 0 unspecified atom stereocenters. The van der Waals surface area contributed by atoms with E-state index in [4.69, 9.17) is 37.8 Å². The molecule has 1 fully saturated rings. The first-order valence-corrected chi connectivity index (χ1v) is 6.53. The summed E-state index contributed by atoms with van der Waals surface area (Å²) in [6, 6.07) is 6.48. The van der Waals surface area contributed by atoms with E-state index < -0.39 is 36.6 Å². The Morgan fingerprint density at radius 2 is 1.79 bits per heavy atom. The minimum atomic E-state index is -1.21. The van der Waals surface area contributed by atoms with Crippen molar-refractivity contribution >= 4 is 23.2 Å². The van der Waals surface area contributed by atoms with Gasteiger partial charge in [0.2, 0.25) is 6.29 Å². The fourth-order valence-electron chi connectivity index (χ4n) is 1.79. The predicted molar refractivity (Wildman–Crippen MR) is 69.5 cm³/mol. The molecule has 7 heteroatoms. The predicted octanol–water partition coefficient (Wildman–Crippen LogP) is 0.765. The highest BCUT2D eigenvalue weighted by Gasteiger charge is 2.44. The maximum atomic E-state index is 9.89. The number of benzene rings is 1. The molecule has 3 N–H and O–H groups in total. The highest BCUT2D eigenvalue weighted by Crippen LogP contribution is 2.27. The van der Waals surface area contributed by atoms with Crippen molar-refractivity contribution in [2.45, 2.75) is 30.0 Å². The molecule has 0 spiro atoms. The molecule has 1 aliphatic heterocycles. The molecular weight excluding hydrogens is 295 g/mol. The van der Waals surface area contributed by atoms with Gasteiger partial charge in [-0.25, -0.2) is 0 Å². The van der Waals surface area contributed by atoms with Crippen LogP contribution in [0.4, 0.5) is 0 Å². The Kier molecular flexibility index (Phi) is 4.89. The van der Waals surface area contributed by atoms with Crippen molar-refractivity contribution in [2.75, 3.05) is 6.61 Å². The maximum Gasteiger partial charge on any atom is 0.228 e. The molecule has 106 valence electrons. The second kappa shape index (κ2) is 6.26. The number of hydrogen-bond donors (Lipinski definition) is 3. The van der Waals surface area contributed by atoms with Gasteiger partial charge >= 0.3 is 0 Å². The molecule has 0 radical (unpaired) electrons. The van der Waals surface area contributed by atoms with Crippen molar-refractivity contribution in [3.63, 3.8) is 0 Å². The van der Waals surface area contributed by atoms with Crippen LogP contribution in [-0.2, 0) is 4.74 Å². The van der Waals surface area contributed by atoms with Gasteiger partial charge in [0.05, 0.1) is 12.0 Å². The van der Waals surface area contributed by atoms with Gasteiger partial charge in [-0.05, 0) is 24.3 Å². The van der Waals surface area contributed by atoms with Gasteiger partial charge in [0.25, 0.3) is 0 Å². The molecule has 0 amide bonds. The minimum Gasteiger partial charge on any atom is -0.462 e. The van der Waals surface area contributed by atoms with E-state index >= 15 is 0 Å². The lowest BCUT2D eigenvalue weighted by Gasteiger charge is -2.39. The summed E-state index contributed by atoms with van der Waals surface area (Å²) in [4.78, 5) is 0. The highest BCUT2D eigenvalue weighted by molar-refractivity contribution is 6.30. The lowest BCUT2D eigenvalue weighted by Crippen LogP contribution is -2.58. The van der Waals surface area contributed by atoms with Crippen LogP contribution in [0.1, 0.15) is 0 Å². The number of aliphatic hydroxyl groups is 3. The number of rotatable bonds is 3. The molecule has 0 saturated carbocycles. The largest absolute Gasteiger partial charge is 0.462 e. The van der Waals surface area contributed by atoms with E-state index in [0.717, 1.165) is 0 Å². The zero-order valence-corrected chi connectivity index (χ0v) is 11.3. The maximum absolute atomic E-state index is 9.89. The first-order chi connectivity index (χ1) is 9.02. The van der Waals surface area contributed by atoms with Crippen LogP contribution < -0.4 is 4.74 Å². The van der Waals surface area contributed by atoms with Crippen LogP contribution in [0.25, 0.3) is 0 Å². The summed E-state index contributed by atoms with van der Waals surface area (Å²) in [6.07, 6.45) is -4.34. The van der Waals surface area contributed by atoms with E-state index in [1.165, 1.54) is 0 Å². The monoisotopic (exact) mass is 308 g/mol. The van der Waals surface area contributed by atoms with E-state index in [9.17, 15) is 10.2 Å². The van der Waals surface area contributed by atoms with Crippen LogP contribution in [-0.4, -0.2) is 51.9 Å². The summed E-state index contributed by atoms with van der Waals surface area (Å²) in [5.74, 6) is 0.436. The minimum absolute atomic E-state index is 0.419. The van der Waals surface area contributed by atoms with Crippen LogP contribution >= 0.6 is 23.2 Å². The Morgan fingerprint density at radius 1 is 1.16 bits per heavy atom. The highest BCUT2D eigenvalue weighted by atomic mass is 35.5. The van der Waals surface area contributed by atoms with Crippen LogP contribution in [0.5, 0.6) is 5.75 Å². The van der Waals surface area contributed by atoms with Crippen molar-refractivity contribution in [3.05, 3.63) is 29.3 Å². The Labute approximate surface area is 120 Å². The summed E-state index contributed by atoms with van der Waals surface area (Å²) in [5, 5.41) is 28.2. The number of halogens is 2. The van der Waals surface area contributed by atoms with E-state index in [1.807, 2.05) is 0 Å². The molecular formula is C12H14Cl2O5. The van der Waals surface area contributed by atoms with Gasteiger partial charge in [-0.3, -0.25) is 0 Å². The SMILES string of the molecule is OC[C@H]1O[C@@H](Oc2ccc(Cl)cc2)[C@H](O)[C@H](Cl)[C@@H]1O. The van der Waals surface area contributed by atoms with Gasteiger partial charge in [0, 0.05) is 5.02 Å². The summed E-state index contributed by atoms with van der Waals surface area (Å²) in [5.41, 5.74) is 0. The smallest absolute Gasteiger partial charge is 0.228 e. The molecule has 1 saturated heterocycles. The summed E-state index contributed by atoms with van der Waals surface area (Å²) in [7, 11) is 0. The van der Waals surface area contributed by atoms with Crippen molar-refractivity contribution in [3.8, 4) is 5.75 Å². The topological polar surface area (TPSA) is 79.2 Å². The Hall–Kier alpha value is -0.560. The molecule has 0 bridgehead atoms. The lowest BCUT2D eigenvalue weighted by molar-refractivity contribution is -0.238. The van der Waals surface area contributed by atoms with Crippen molar-refractivity contribution in [1.29, 1.82) is 0 Å². The van der Waals surface area contributed by atoms with Crippen LogP contribution in [0, 0.1) is 0 Å². The van der Waals surface area contributed by atoms with E-state index in [0.29, 0.717) is 10.8 Å². The average molecular weight is 309 g/mol. The fraction of sp³-hybridized carbons (Fsp3) is 0.500. The third-order valence-electron chi connectivity index (χ3n) is 2.87. The van der Waals surface area contributed by atoms with E-state index in [2.05, 4.69) is 0 Å². The van der Waals surface area contributed by atoms with E-state index in [-0.39, 0.29) is 0 Å². The zero-order valence-electron chi connectivity index (χ0n) is 9.82. The number of alkyl halides is 1. The zero-order chi connectivity index (χ0) is 14.0. The van der Waals surface area contributed by atoms with Crippen LogP contribution in [0.15, 0.2) is 24.3 Å². The number of hydrogen-bond acceptors (Lipinski definition) is 5. The number of aliphatic hydroxyl groups excluding tert-OH is 3. The second-order valence-electron chi connectivity index (χ2n) is 4.22. The molecule has 0 aliphatic carbocycles. The van der Waals surface area contributed by atoms with Gasteiger partial charge in [-0.1, -0.05) is 11.6 Å². The second-order valence-corrected chi connectivity index (χ2v) is 5.16. The normalized spacial score (nSPS) is 35.1. The van der Waals surface area contributed by atoms with Crippen molar-refractivity contribution < 1.29 is 24.8 Å². The molecule has 1 aromatic carbocycles.